The molecule has 1 fully saturated rings. The molecular formula is C19H23FN4O2. The number of hydrogen-bond acceptors (Lipinski definition) is 4. The highest BCUT2D eigenvalue weighted by Gasteiger charge is 2.23. The van der Waals surface area contributed by atoms with Crippen LogP contribution in [-0.4, -0.2) is 47.3 Å². The van der Waals surface area contributed by atoms with E-state index in [1.165, 1.54) is 22.9 Å². The standard InChI is InChI=1S/C19H23FN4O2/c1-23-11-2-3-15(13-23)19(26)21-10-12-24-18(25)9-8-17(22-24)14-4-6-16(20)7-5-14/h4-9,15H,2-3,10-13H2,1H3,(H,21,26). The van der Waals surface area contributed by atoms with Crippen molar-refractivity contribution in [1.82, 2.24) is 20.0 Å². The number of rotatable bonds is 5. The van der Waals surface area contributed by atoms with Crippen LogP contribution in [0.25, 0.3) is 11.3 Å². The summed E-state index contributed by atoms with van der Waals surface area (Å²) in [5, 5.41) is 7.22. The van der Waals surface area contributed by atoms with E-state index in [-0.39, 0.29) is 23.2 Å². The van der Waals surface area contributed by atoms with Crippen LogP contribution >= 0.6 is 0 Å². The van der Waals surface area contributed by atoms with Crippen LogP contribution in [-0.2, 0) is 11.3 Å². The fraction of sp³-hybridized carbons (Fsp3) is 0.421. The Balaban J connectivity index is 1.61. The Bertz CT molecular complexity index is 819. The summed E-state index contributed by atoms with van der Waals surface area (Å²) in [7, 11) is 2.02. The van der Waals surface area contributed by atoms with Gasteiger partial charge in [0.2, 0.25) is 5.91 Å². The molecule has 26 heavy (non-hydrogen) atoms. The molecule has 1 amide bonds. The zero-order valence-corrected chi connectivity index (χ0v) is 14.8. The van der Waals surface area contributed by atoms with Gasteiger partial charge in [0, 0.05) is 24.7 Å². The second-order valence-corrected chi connectivity index (χ2v) is 6.68. The summed E-state index contributed by atoms with van der Waals surface area (Å²) in [6.45, 7) is 2.43. The minimum Gasteiger partial charge on any atom is -0.354 e. The van der Waals surface area contributed by atoms with Crippen molar-refractivity contribution in [3.05, 3.63) is 52.6 Å². The van der Waals surface area contributed by atoms with Gasteiger partial charge in [-0.05, 0) is 56.8 Å². The first-order chi connectivity index (χ1) is 12.5. The summed E-state index contributed by atoms with van der Waals surface area (Å²) >= 11 is 0. The van der Waals surface area contributed by atoms with Gasteiger partial charge in [-0.15, -0.1) is 0 Å². The normalized spacial score (nSPS) is 17.8. The van der Waals surface area contributed by atoms with Crippen molar-refractivity contribution in [3.8, 4) is 11.3 Å². The van der Waals surface area contributed by atoms with Crippen molar-refractivity contribution in [1.29, 1.82) is 0 Å². The lowest BCUT2D eigenvalue weighted by atomic mass is 9.98. The van der Waals surface area contributed by atoms with Crippen molar-refractivity contribution in [3.63, 3.8) is 0 Å². The van der Waals surface area contributed by atoms with Gasteiger partial charge in [-0.1, -0.05) is 0 Å². The molecule has 138 valence electrons. The Hall–Kier alpha value is -2.54. The summed E-state index contributed by atoms with van der Waals surface area (Å²) < 4.78 is 14.4. The van der Waals surface area contributed by atoms with Gasteiger partial charge in [-0.3, -0.25) is 9.59 Å². The lowest BCUT2D eigenvalue weighted by Gasteiger charge is -2.28. The first-order valence-electron chi connectivity index (χ1n) is 8.83. The number of benzene rings is 1. The fourth-order valence-electron chi connectivity index (χ4n) is 3.19. The number of likely N-dealkylation sites (tertiary alicyclic amines) is 1. The van der Waals surface area contributed by atoms with Gasteiger partial charge in [0.1, 0.15) is 5.82 Å². The molecule has 7 heteroatoms. The van der Waals surface area contributed by atoms with Gasteiger partial charge in [-0.2, -0.15) is 5.10 Å². The van der Waals surface area contributed by atoms with Gasteiger partial charge >= 0.3 is 0 Å². The fourth-order valence-corrected chi connectivity index (χ4v) is 3.19. The predicted octanol–water partition coefficient (Wildman–Crippen LogP) is 1.51. The molecule has 6 nitrogen and oxygen atoms in total. The molecule has 1 aromatic carbocycles. The quantitative estimate of drug-likeness (QED) is 0.880. The Kier molecular flexibility index (Phi) is 5.78. The van der Waals surface area contributed by atoms with Crippen molar-refractivity contribution in [2.24, 2.45) is 5.92 Å². The molecule has 1 aliphatic rings. The van der Waals surface area contributed by atoms with E-state index >= 15 is 0 Å². The average Bonchev–Trinajstić information content (AvgIpc) is 2.64. The van der Waals surface area contributed by atoms with Crippen LogP contribution in [0.1, 0.15) is 12.8 Å². The maximum absolute atomic E-state index is 13.0. The molecule has 0 spiro atoms. The van der Waals surface area contributed by atoms with E-state index in [0.717, 1.165) is 31.5 Å². The largest absolute Gasteiger partial charge is 0.354 e. The number of hydrogen-bond donors (Lipinski definition) is 1. The smallest absolute Gasteiger partial charge is 0.266 e. The van der Waals surface area contributed by atoms with Gasteiger partial charge < -0.3 is 10.2 Å². The van der Waals surface area contributed by atoms with Crippen LogP contribution in [0, 0.1) is 11.7 Å². The van der Waals surface area contributed by atoms with E-state index in [2.05, 4.69) is 15.3 Å². The van der Waals surface area contributed by atoms with Gasteiger partial charge in [0.05, 0.1) is 18.2 Å². The molecule has 1 unspecified atom stereocenters. The number of carbonyl (C=O) groups is 1. The summed E-state index contributed by atoms with van der Waals surface area (Å²) in [5.74, 6) is -0.290. The molecule has 0 bridgehead atoms. The zero-order valence-electron chi connectivity index (χ0n) is 14.8. The molecule has 2 aromatic rings. The van der Waals surface area contributed by atoms with E-state index in [9.17, 15) is 14.0 Å². The first kappa shape index (κ1) is 18.3. The van der Waals surface area contributed by atoms with Crippen molar-refractivity contribution in [2.45, 2.75) is 19.4 Å². The number of halogens is 1. The molecule has 3 rings (SSSR count). The van der Waals surface area contributed by atoms with Crippen molar-refractivity contribution in [2.75, 3.05) is 26.7 Å². The SMILES string of the molecule is CN1CCCC(C(=O)NCCn2nc(-c3ccc(F)cc3)ccc2=O)C1. The molecule has 2 heterocycles. The average molecular weight is 358 g/mol. The monoisotopic (exact) mass is 358 g/mol. The van der Waals surface area contributed by atoms with Crippen LogP contribution in [0.5, 0.6) is 0 Å². The molecule has 0 radical (unpaired) electrons. The second-order valence-electron chi connectivity index (χ2n) is 6.68. The molecular weight excluding hydrogens is 335 g/mol. The maximum Gasteiger partial charge on any atom is 0.266 e. The highest BCUT2D eigenvalue weighted by molar-refractivity contribution is 5.78. The predicted molar refractivity (Wildman–Crippen MR) is 97.1 cm³/mol. The van der Waals surface area contributed by atoms with Crippen LogP contribution < -0.4 is 10.9 Å². The summed E-state index contributed by atoms with van der Waals surface area (Å²) in [5.41, 5.74) is 1.08. The maximum atomic E-state index is 13.0. The number of amides is 1. The van der Waals surface area contributed by atoms with E-state index in [1.807, 2.05) is 7.05 Å². The van der Waals surface area contributed by atoms with Crippen molar-refractivity contribution >= 4 is 5.91 Å². The number of nitrogens with zero attached hydrogens (tertiary/aromatic N) is 3. The van der Waals surface area contributed by atoms with Gasteiger partial charge in [0.15, 0.2) is 0 Å². The number of aromatic nitrogens is 2. The molecule has 1 saturated heterocycles. The Morgan fingerprint density at radius 3 is 2.77 bits per heavy atom. The third-order valence-corrected chi connectivity index (χ3v) is 4.62. The number of piperidine rings is 1. The molecule has 1 atom stereocenters. The van der Waals surface area contributed by atoms with E-state index in [1.54, 1.807) is 18.2 Å². The summed E-state index contributed by atoms with van der Waals surface area (Å²) in [6.07, 6.45) is 1.92. The first-order valence-corrected chi connectivity index (χ1v) is 8.83. The molecule has 0 saturated carbocycles. The lowest BCUT2D eigenvalue weighted by Crippen LogP contribution is -2.42. The highest BCUT2D eigenvalue weighted by atomic mass is 19.1. The van der Waals surface area contributed by atoms with Crippen LogP contribution in [0.4, 0.5) is 4.39 Å². The summed E-state index contributed by atoms with van der Waals surface area (Å²) in [4.78, 5) is 26.4. The Labute approximate surface area is 151 Å². The third kappa shape index (κ3) is 4.54. The van der Waals surface area contributed by atoms with Gasteiger partial charge in [-0.25, -0.2) is 9.07 Å². The number of carbonyl (C=O) groups excluding carboxylic acids is 1. The Morgan fingerprint density at radius 2 is 2.04 bits per heavy atom. The van der Waals surface area contributed by atoms with E-state index in [4.69, 9.17) is 0 Å². The minimum absolute atomic E-state index is 0.00369. The lowest BCUT2D eigenvalue weighted by molar-refractivity contribution is -0.126. The van der Waals surface area contributed by atoms with E-state index in [0.29, 0.717) is 18.8 Å². The second kappa shape index (κ2) is 8.23. The minimum atomic E-state index is -0.321. The third-order valence-electron chi connectivity index (χ3n) is 4.62. The van der Waals surface area contributed by atoms with Crippen LogP contribution in [0.15, 0.2) is 41.2 Å². The van der Waals surface area contributed by atoms with Gasteiger partial charge in [0.25, 0.3) is 5.56 Å². The van der Waals surface area contributed by atoms with E-state index < -0.39 is 0 Å². The highest BCUT2D eigenvalue weighted by Crippen LogP contribution is 2.16. The summed E-state index contributed by atoms with van der Waals surface area (Å²) in [6, 6.07) is 9.00. The van der Waals surface area contributed by atoms with Crippen LogP contribution in [0.2, 0.25) is 0 Å². The van der Waals surface area contributed by atoms with Crippen molar-refractivity contribution < 1.29 is 9.18 Å². The molecule has 1 aliphatic heterocycles. The molecule has 0 aliphatic carbocycles. The number of nitrogens with one attached hydrogen (secondary N) is 1. The van der Waals surface area contributed by atoms with Crippen LogP contribution in [0.3, 0.4) is 0 Å². The topological polar surface area (TPSA) is 67.2 Å². The Morgan fingerprint density at radius 1 is 1.27 bits per heavy atom. The molecule has 1 N–H and O–H groups in total. The zero-order chi connectivity index (χ0) is 18.5. The molecule has 1 aromatic heterocycles.